The zero-order valence-corrected chi connectivity index (χ0v) is 12.9. The van der Waals surface area contributed by atoms with Gasteiger partial charge in [0.1, 0.15) is 5.75 Å². The number of nitrogens with one attached hydrogen (secondary N) is 1. The number of amides is 1. The Bertz CT molecular complexity index is 686. The zero-order chi connectivity index (χ0) is 15.2. The Morgan fingerprint density at radius 1 is 1.33 bits per heavy atom. The van der Waals surface area contributed by atoms with Gasteiger partial charge in [0.2, 0.25) is 0 Å². The number of halogens is 1. The summed E-state index contributed by atoms with van der Waals surface area (Å²) in [5.41, 5.74) is 9.90. The average Bonchev–Trinajstić information content (AvgIpc) is 2.47. The molecule has 3 N–H and O–H groups in total. The molecule has 0 aliphatic rings. The summed E-state index contributed by atoms with van der Waals surface area (Å²) in [6.45, 7) is 0. The van der Waals surface area contributed by atoms with Crippen LogP contribution >= 0.6 is 15.9 Å². The third-order valence-corrected chi connectivity index (χ3v) is 3.32. The second kappa shape index (κ2) is 6.90. The van der Waals surface area contributed by atoms with Crippen molar-refractivity contribution in [1.82, 2.24) is 5.43 Å². The van der Waals surface area contributed by atoms with Crippen LogP contribution in [0, 0.1) is 0 Å². The molecule has 1 amide bonds. The van der Waals surface area contributed by atoms with Gasteiger partial charge in [0.05, 0.1) is 17.8 Å². The normalized spacial score (nSPS) is 10.6. The van der Waals surface area contributed by atoms with E-state index in [2.05, 4.69) is 26.5 Å². The van der Waals surface area contributed by atoms with Crippen LogP contribution in [0.1, 0.15) is 15.9 Å². The smallest absolute Gasteiger partial charge is 0.271 e. The predicted molar refractivity (Wildman–Crippen MR) is 86.6 cm³/mol. The summed E-state index contributed by atoms with van der Waals surface area (Å²) in [7, 11) is 1.60. The number of nitrogens with two attached hydrogens (primary N) is 1. The Labute approximate surface area is 130 Å². The van der Waals surface area contributed by atoms with Crippen LogP contribution in [-0.4, -0.2) is 19.2 Å². The predicted octanol–water partition coefficient (Wildman–Crippen LogP) is 2.80. The van der Waals surface area contributed by atoms with Gasteiger partial charge in [0.15, 0.2) is 0 Å². The molecule has 0 fully saturated rings. The van der Waals surface area contributed by atoms with E-state index in [9.17, 15) is 4.79 Å². The number of hydrogen-bond donors (Lipinski definition) is 2. The first-order valence-electron chi connectivity index (χ1n) is 6.12. The lowest BCUT2D eigenvalue weighted by atomic mass is 10.2. The van der Waals surface area contributed by atoms with Crippen LogP contribution in [0.3, 0.4) is 0 Å². The number of hydrogen-bond acceptors (Lipinski definition) is 4. The number of nitrogen functional groups attached to an aromatic ring is 1. The van der Waals surface area contributed by atoms with Crippen molar-refractivity contribution >= 4 is 33.7 Å². The van der Waals surface area contributed by atoms with Crippen molar-refractivity contribution in [2.75, 3.05) is 12.8 Å². The highest BCUT2D eigenvalue weighted by Crippen LogP contribution is 2.24. The molecular weight excluding hydrogens is 334 g/mol. The maximum atomic E-state index is 11.8. The van der Waals surface area contributed by atoms with E-state index in [4.69, 9.17) is 10.5 Å². The van der Waals surface area contributed by atoms with Gasteiger partial charge in [-0.15, -0.1) is 0 Å². The number of nitrogens with zero attached hydrogens (tertiary/aromatic N) is 1. The molecule has 2 rings (SSSR count). The highest BCUT2D eigenvalue weighted by atomic mass is 79.9. The van der Waals surface area contributed by atoms with Gasteiger partial charge in [-0.1, -0.05) is 6.07 Å². The van der Waals surface area contributed by atoms with Crippen molar-refractivity contribution in [3.05, 3.63) is 58.1 Å². The summed E-state index contributed by atoms with van der Waals surface area (Å²) in [6.07, 6.45) is 1.55. The van der Waals surface area contributed by atoms with Gasteiger partial charge < -0.3 is 10.5 Å². The van der Waals surface area contributed by atoms with Crippen molar-refractivity contribution in [1.29, 1.82) is 0 Å². The second-order valence-corrected chi connectivity index (χ2v) is 5.07. The summed E-state index contributed by atoms with van der Waals surface area (Å²) < 4.78 is 5.95. The van der Waals surface area contributed by atoms with Crippen LogP contribution in [0.4, 0.5) is 5.69 Å². The molecule has 0 aromatic heterocycles. The monoisotopic (exact) mass is 347 g/mol. The number of carbonyl (C=O) groups excluding carboxylic acids is 1. The van der Waals surface area contributed by atoms with Crippen molar-refractivity contribution < 1.29 is 9.53 Å². The molecule has 0 aliphatic carbocycles. The lowest BCUT2D eigenvalue weighted by Crippen LogP contribution is -2.17. The number of anilines is 1. The summed E-state index contributed by atoms with van der Waals surface area (Å²) in [4.78, 5) is 11.8. The molecule has 5 nitrogen and oxygen atoms in total. The van der Waals surface area contributed by atoms with Crippen LogP contribution in [0.15, 0.2) is 52.0 Å². The second-order valence-electron chi connectivity index (χ2n) is 4.22. The molecule has 2 aromatic carbocycles. The van der Waals surface area contributed by atoms with E-state index in [0.717, 1.165) is 15.8 Å². The topological polar surface area (TPSA) is 76.7 Å². The fraction of sp³-hybridized carbons (Fsp3) is 0.0667. The van der Waals surface area contributed by atoms with Gasteiger partial charge in [0, 0.05) is 11.3 Å². The van der Waals surface area contributed by atoms with Gasteiger partial charge in [-0.05, 0) is 57.9 Å². The van der Waals surface area contributed by atoms with Crippen LogP contribution in [0.25, 0.3) is 0 Å². The number of benzene rings is 2. The third kappa shape index (κ3) is 4.06. The molecule has 2 aromatic rings. The molecule has 0 heterocycles. The van der Waals surface area contributed by atoms with E-state index in [1.54, 1.807) is 37.6 Å². The molecule has 0 spiro atoms. The Kier molecular flexibility index (Phi) is 4.94. The van der Waals surface area contributed by atoms with Crippen LogP contribution in [0.5, 0.6) is 5.75 Å². The van der Waals surface area contributed by atoms with Gasteiger partial charge in [-0.3, -0.25) is 4.79 Å². The van der Waals surface area contributed by atoms with Crippen molar-refractivity contribution in [2.24, 2.45) is 5.10 Å². The first-order valence-corrected chi connectivity index (χ1v) is 6.92. The number of hydrazone groups is 1. The minimum Gasteiger partial charge on any atom is -0.496 e. The summed E-state index contributed by atoms with van der Waals surface area (Å²) >= 11 is 3.38. The number of rotatable bonds is 4. The zero-order valence-electron chi connectivity index (χ0n) is 11.3. The van der Waals surface area contributed by atoms with E-state index in [1.807, 2.05) is 18.2 Å². The van der Waals surface area contributed by atoms with Gasteiger partial charge in [-0.2, -0.15) is 5.10 Å². The maximum absolute atomic E-state index is 11.8. The molecule has 0 radical (unpaired) electrons. The molecule has 0 bridgehead atoms. The third-order valence-electron chi connectivity index (χ3n) is 2.70. The fourth-order valence-electron chi connectivity index (χ4n) is 1.67. The van der Waals surface area contributed by atoms with Crippen LogP contribution < -0.4 is 15.9 Å². The van der Waals surface area contributed by atoms with Crippen LogP contribution in [0.2, 0.25) is 0 Å². The van der Waals surface area contributed by atoms with E-state index >= 15 is 0 Å². The standard InChI is InChI=1S/C15H14BrN3O2/c1-21-14-6-5-10(7-13(14)16)9-18-19-15(20)11-3-2-4-12(17)8-11/h2-9H,17H2,1H3,(H,19,20)/b18-9-. The number of carbonyl (C=O) groups is 1. The fourth-order valence-corrected chi connectivity index (χ4v) is 2.23. The van der Waals surface area contributed by atoms with Crippen LogP contribution in [-0.2, 0) is 0 Å². The SMILES string of the molecule is COc1ccc(/C=N\NC(=O)c2cccc(N)c2)cc1Br. The molecular formula is C15H14BrN3O2. The lowest BCUT2D eigenvalue weighted by Gasteiger charge is -2.03. The number of methoxy groups -OCH3 is 1. The van der Waals surface area contributed by atoms with Crippen molar-refractivity contribution in [3.8, 4) is 5.75 Å². The minimum absolute atomic E-state index is 0.314. The Balaban J connectivity index is 2.02. The van der Waals surface area contributed by atoms with Gasteiger partial charge >= 0.3 is 0 Å². The molecule has 108 valence electrons. The minimum atomic E-state index is -0.314. The lowest BCUT2D eigenvalue weighted by molar-refractivity contribution is 0.0955. The first kappa shape index (κ1) is 15.1. The summed E-state index contributed by atoms with van der Waals surface area (Å²) in [5.74, 6) is 0.419. The van der Waals surface area contributed by atoms with E-state index < -0.39 is 0 Å². The van der Waals surface area contributed by atoms with Gasteiger partial charge in [-0.25, -0.2) is 5.43 Å². The molecule has 6 heteroatoms. The molecule has 21 heavy (non-hydrogen) atoms. The highest BCUT2D eigenvalue weighted by molar-refractivity contribution is 9.10. The molecule has 0 unspecified atom stereocenters. The van der Waals surface area contributed by atoms with Gasteiger partial charge in [0.25, 0.3) is 5.91 Å². The average molecular weight is 348 g/mol. The van der Waals surface area contributed by atoms with E-state index in [1.165, 1.54) is 0 Å². The van der Waals surface area contributed by atoms with Crippen molar-refractivity contribution in [3.63, 3.8) is 0 Å². The van der Waals surface area contributed by atoms with E-state index in [-0.39, 0.29) is 5.91 Å². The largest absolute Gasteiger partial charge is 0.496 e. The molecule has 0 saturated carbocycles. The van der Waals surface area contributed by atoms with E-state index in [0.29, 0.717) is 11.3 Å². The summed E-state index contributed by atoms with van der Waals surface area (Å²) in [6, 6.07) is 12.2. The first-order chi connectivity index (χ1) is 10.1. The number of ether oxygens (including phenoxy) is 1. The Morgan fingerprint density at radius 2 is 2.14 bits per heavy atom. The molecule has 0 atom stereocenters. The maximum Gasteiger partial charge on any atom is 0.271 e. The highest BCUT2D eigenvalue weighted by Gasteiger charge is 2.04. The molecule has 0 saturated heterocycles. The quantitative estimate of drug-likeness (QED) is 0.507. The Morgan fingerprint density at radius 3 is 2.81 bits per heavy atom. The molecule has 0 aliphatic heterocycles. The summed E-state index contributed by atoms with van der Waals surface area (Å²) in [5, 5.41) is 3.92. The Hall–Kier alpha value is -2.34. The van der Waals surface area contributed by atoms with Crippen molar-refractivity contribution in [2.45, 2.75) is 0 Å².